The molecule has 1 rings (SSSR count). The maximum Gasteiger partial charge on any atom is 0.0443 e. The minimum atomic E-state index is 0.317. The molecule has 1 aliphatic rings. The molecule has 1 aliphatic carbocycles. The lowest BCUT2D eigenvalue weighted by Gasteiger charge is -2.31. The normalized spacial score (nSPS) is 25.3. The van der Waals surface area contributed by atoms with E-state index < -0.39 is 0 Å². The molecule has 0 aromatic rings. The fourth-order valence-corrected chi connectivity index (χ4v) is 3.14. The highest BCUT2D eigenvalue weighted by Crippen LogP contribution is 2.24. The highest BCUT2D eigenvalue weighted by atomic mass is 16.3. The molecule has 18 heavy (non-hydrogen) atoms. The lowest BCUT2D eigenvalue weighted by Crippen LogP contribution is -2.42. The van der Waals surface area contributed by atoms with Crippen molar-refractivity contribution in [1.29, 1.82) is 0 Å². The van der Waals surface area contributed by atoms with Crippen molar-refractivity contribution in [3.8, 4) is 0 Å². The van der Waals surface area contributed by atoms with Crippen LogP contribution in [0, 0.1) is 5.92 Å². The Morgan fingerprint density at radius 3 is 2.61 bits per heavy atom. The summed E-state index contributed by atoms with van der Waals surface area (Å²) in [5, 5.41) is 12.6. The van der Waals surface area contributed by atoms with Gasteiger partial charge in [-0.1, -0.05) is 33.1 Å². The molecule has 3 heteroatoms. The quantitative estimate of drug-likeness (QED) is 0.654. The van der Waals surface area contributed by atoms with E-state index >= 15 is 0 Å². The molecular weight excluding hydrogens is 224 g/mol. The molecule has 1 saturated carbocycles. The van der Waals surface area contributed by atoms with E-state index in [4.69, 9.17) is 5.11 Å². The van der Waals surface area contributed by atoms with Gasteiger partial charge in [0.15, 0.2) is 0 Å². The van der Waals surface area contributed by atoms with Crippen molar-refractivity contribution in [2.75, 3.05) is 32.8 Å². The molecule has 0 saturated heterocycles. The molecule has 0 heterocycles. The van der Waals surface area contributed by atoms with Gasteiger partial charge in [0.05, 0.1) is 0 Å². The van der Waals surface area contributed by atoms with Crippen molar-refractivity contribution in [2.24, 2.45) is 5.92 Å². The number of nitrogens with one attached hydrogen (secondary N) is 1. The van der Waals surface area contributed by atoms with Crippen LogP contribution in [0.25, 0.3) is 0 Å². The van der Waals surface area contributed by atoms with E-state index in [9.17, 15) is 0 Å². The minimum absolute atomic E-state index is 0.317. The molecule has 0 spiro atoms. The van der Waals surface area contributed by atoms with E-state index in [1.807, 2.05) is 0 Å². The molecule has 108 valence electrons. The molecular formula is C15H32N2O. The van der Waals surface area contributed by atoms with E-state index in [0.29, 0.717) is 12.6 Å². The summed E-state index contributed by atoms with van der Waals surface area (Å²) in [6.07, 6.45) is 7.80. The Morgan fingerprint density at radius 1 is 1.17 bits per heavy atom. The number of aliphatic hydroxyl groups is 1. The highest BCUT2D eigenvalue weighted by molar-refractivity contribution is 4.81. The van der Waals surface area contributed by atoms with Crippen LogP contribution in [0.3, 0.4) is 0 Å². The molecule has 2 N–H and O–H groups in total. The summed E-state index contributed by atoms with van der Waals surface area (Å²) >= 11 is 0. The van der Waals surface area contributed by atoms with Gasteiger partial charge in [-0.3, -0.25) is 0 Å². The smallest absolute Gasteiger partial charge is 0.0443 e. The Morgan fingerprint density at radius 2 is 1.94 bits per heavy atom. The topological polar surface area (TPSA) is 35.5 Å². The number of aliphatic hydroxyl groups excluding tert-OH is 1. The van der Waals surface area contributed by atoms with Crippen molar-refractivity contribution in [2.45, 2.75) is 58.4 Å². The molecule has 0 aromatic carbocycles. The van der Waals surface area contributed by atoms with Gasteiger partial charge in [-0.15, -0.1) is 0 Å². The van der Waals surface area contributed by atoms with Gasteiger partial charge < -0.3 is 15.3 Å². The van der Waals surface area contributed by atoms with Crippen LogP contribution in [0.2, 0.25) is 0 Å². The molecule has 2 unspecified atom stereocenters. The lowest BCUT2D eigenvalue weighted by molar-refractivity contribution is 0.183. The van der Waals surface area contributed by atoms with E-state index in [1.165, 1.54) is 38.6 Å². The monoisotopic (exact) mass is 256 g/mol. The first-order chi connectivity index (χ1) is 8.81. The van der Waals surface area contributed by atoms with Crippen molar-refractivity contribution in [1.82, 2.24) is 10.2 Å². The van der Waals surface area contributed by atoms with E-state index in [-0.39, 0.29) is 0 Å². The van der Waals surface area contributed by atoms with Crippen molar-refractivity contribution in [3.63, 3.8) is 0 Å². The molecule has 0 amide bonds. The van der Waals surface area contributed by atoms with Gasteiger partial charge in [0, 0.05) is 25.7 Å². The predicted molar refractivity (Wildman–Crippen MR) is 77.9 cm³/mol. The van der Waals surface area contributed by atoms with E-state index in [2.05, 4.69) is 24.1 Å². The maximum absolute atomic E-state index is 8.96. The van der Waals surface area contributed by atoms with Crippen molar-refractivity contribution in [3.05, 3.63) is 0 Å². The Balaban J connectivity index is 2.46. The summed E-state index contributed by atoms with van der Waals surface area (Å²) in [6, 6.07) is 0.709. The third kappa shape index (κ3) is 5.68. The molecule has 0 aliphatic heterocycles. The summed E-state index contributed by atoms with van der Waals surface area (Å²) in [5.74, 6) is 0.797. The van der Waals surface area contributed by atoms with Crippen LogP contribution in [-0.2, 0) is 0 Å². The third-order valence-electron chi connectivity index (χ3n) is 4.20. The summed E-state index contributed by atoms with van der Waals surface area (Å²) in [7, 11) is 0. The summed E-state index contributed by atoms with van der Waals surface area (Å²) < 4.78 is 0. The maximum atomic E-state index is 8.96. The third-order valence-corrected chi connectivity index (χ3v) is 4.20. The molecule has 1 fully saturated rings. The van der Waals surface area contributed by atoms with E-state index in [1.54, 1.807) is 0 Å². The Labute approximate surface area is 113 Å². The van der Waals surface area contributed by atoms with Crippen LogP contribution in [0.4, 0.5) is 0 Å². The first-order valence-corrected chi connectivity index (χ1v) is 7.88. The van der Waals surface area contributed by atoms with Gasteiger partial charge in [0.2, 0.25) is 0 Å². The van der Waals surface area contributed by atoms with Crippen LogP contribution in [-0.4, -0.2) is 48.8 Å². The Kier molecular flexibility index (Phi) is 8.64. The molecule has 0 bridgehead atoms. The number of hydrogen-bond acceptors (Lipinski definition) is 3. The van der Waals surface area contributed by atoms with Gasteiger partial charge in [-0.05, 0) is 38.3 Å². The average molecular weight is 256 g/mol. The largest absolute Gasteiger partial charge is 0.396 e. The Bertz CT molecular complexity index is 199. The van der Waals surface area contributed by atoms with Crippen molar-refractivity contribution >= 4 is 0 Å². The number of nitrogens with zero attached hydrogens (tertiary/aromatic N) is 1. The van der Waals surface area contributed by atoms with Gasteiger partial charge in [-0.2, -0.15) is 0 Å². The van der Waals surface area contributed by atoms with Crippen LogP contribution < -0.4 is 5.32 Å². The molecule has 2 atom stereocenters. The molecule has 0 aromatic heterocycles. The summed E-state index contributed by atoms with van der Waals surface area (Å²) in [4.78, 5) is 2.51. The minimum Gasteiger partial charge on any atom is -0.396 e. The number of rotatable bonds is 8. The summed E-state index contributed by atoms with van der Waals surface area (Å²) in [5.41, 5.74) is 0. The van der Waals surface area contributed by atoms with Crippen molar-refractivity contribution < 1.29 is 5.11 Å². The van der Waals surface area contributed by atoms with E-state index in [0.717, 1.165) is 32.0 Å². The zero-order valence-electron chi connectivity index (χ0n) is 12.3. The van der Waals surface area contributed by atoms with Crippen LogP contribution >= 0.6 is 0 Å². The zero-order valence-corrected chi connectivity index (χ0v) is 12.3. The second kappa shape index (κ2) is 9.76. The standard InChI is InChI=1S/C15H32N2O/c1-3-16-15-10-7-5-6-9-14(15)13-17(4-2)11-8-12-18/h14-16,18H,3-13H2,1-2H3. The van der Waals surface area contributed by atoms with Gasteiger partial charge in [0.25, 0.3) is 0 Å². The summed E-state index contributed by atoms with van der Waals surface area (Å²) in [6.45, 7) is 9.20. The highest BCUT2D eigenvalue weighted by Gasteiger charge is 2.24. The molecule has 3 nitrogen and oxygen atoms in total. The van der Waals surface area contributed by atoms with Crippen LogP contribution in [0.15, 0.2) is 0 Å². The first-order valence-electron chi connectivity index (χ1n) is 7.88. The number of hydrogen-bond donors (Lipinski definition) is 2. The molecule has 0 radical (unpaired) electrons. The average Bonchev–Trinajstić information content (AvgIpc) is 2.60. The second-order valence-electron chi connectivity index (χ2n) is 5.53. The zero-order chi connectivity index (χ0) is 13.2. The van der Waals surface area contributed by atoms with Gasteiger partial charge >= 0.3 is 0 Å². The SMILES string of the molecule is CCNC1CCCCCC1CN(CC)CCCO. The second-order valence-corrected chi connectivity index (χ2v) is 5.53. The predicted octanol–water partition coefficient (Wildman–Crippen LogP) is 2.25. The first kappa shape index (κ1) is 15.9. The fraction of sp³-hybridized carbons (Fsp3) is 1.00. The van der Waals surface area contributed by atoms with Crippen LogP contribution in [0.5, 0.6) is 0 Å². The fourth-order valence-electron chi connectivity index (χ4n) is 3.14. The van der Waals surface area contributed by atoms with Gasteiger partial charge in [0.1, 0.15) is 0 Å². The van der Waals surface area contributed by atoms with Gasteiger partial charge in [-0.25, -0.2) is 0 Å². The Hall–Kier alpha value is -0.120. The lowest BCUT2D eigenvalue weighted by atomic mass is 9.94. The van der Waals surface area contributed by atoms with Crippen LogP contribution in [0.1, 0.15) is 52.4 Å².